The van der Waals surface area contributed by atoms with E-state index in [1.165, 1.54) is 16.5 Å². The van der Waals surface area contributed by atoms with Gasteiger partial charge in [0, 0.05) is 34.7 Å². The standard InChI is InChI=1S/C13H15ClN2S/c1-9-3-6-16(11(9)8-14)13-10-4-7-17-12(10)2-5-15-13/h2,4-5,7,9,11H,3,6,8H2,1H3. The van der Waals surface area contributed by atoms with Crippen molar-refractivity contribution in [2.75, 3.05) is 17.3 Å². The average molecular weight is 267 g/mol. The highest BCUT2D eigenvalue weighted by molar-refractivity contribution is 7.17. The molecule has 0 saturated carbocycles. The number of fused-ring (bicyclic) bond motifs is 1. The summed E-state index contributed by atoms with van der Waals surface area (Å²) >= 11 is 7.88. The van der Waals surface area contributed by atoms with Gasteiger partial charge in [0.15, 0.2) is 0 Å². The Labute approximate surface area is 110 Å². The van der Waals surface area contributed by atoms with Crippen LogP contribution in [-0.2, 0) is 0 Å². The van der Waals surface area contributed by atoms with Crippen LogP contribution in [0, 0.1) is 5.92 Å². The maximum atomic E-state index is 6.11. The third-order valence-corrected chi connectivity index (χ3v) is 4.87. The fourth-order valence-electron chi connectivity index (χ4n) is 2.62. The Morgan fingerprint density at radius 2 is 2.41 bits per heavy atom. The van der Waals surface area contributed by atoms with Crippen molar-refractivity contribution in [2.24, 2.45) is 5.92 Å². The van der Waals surface area contributed by atoms with E-state index in [-0.39, 0.29) is 0 Å². The summed E-state index contributed by atoms with van der Waals surface area (Å²) in [4.78, 5) is 6.95. The molecule has 3 rings (SSSR count). The molecular formula is C13H15ClN2S. The monoisotopic (exact) mass is 266 g/mol. The van der Waals surface area contributed by atoms with Crippen molar-refractivity contribution in [2.45, 2.75) is 19.4 Å². The van der Waals surface area contributed by atoms with E-state index < -0.39 is 0 Å². The van der Waals surface area contributed by atoms with Crippen molar-refractivity contribution in [1.82, 2.24) is 4.98 Å². The van der Waals surface area contributed by atoms with Crippen molar-refractivity contribution in [3.8, 4) is 0 Å². The molecule has 1 aliphatic rings. The van der Waals surface area contributed by atoms with Gasteiger partial charge in [0.1, 0.15) is 5.82 Å². The molecule has 2 aromatic heterocycles. The molecule has 2 atom stereocenters. The van der Waals surface area contributed by atoms with Crippen LogP contribution in [0.5, 0.6) is 0 Å². The number of hydrogen-bond acceptors (Lipinski definition) is 3. The molecule has 2 aromatic rings. The van der Waals surface area contributed by atoms with Crippen LogP contribution in [0.3, 0.4) is 0 Å². The van der Waals surface area contributed by atoms with Gasteiger partial charge in [-0.3, -0.25) is 0 Å². The Kier molecular flexibility index (Phi) is 2.97. The van der Waals surface area contributed by atoms with Gasteiger partial charge in [-0.2, -0.15) is 0 Å². The Morgan fingerprint density at radius 3 is 3.24 bits per heavy atom. The molecule has 0 spiro atoms. The smallest absolute Gasteiger partial charge is 0.137 e. The van der Waals surface area contributed by atoms with E-state index in [0.717, 1.165) is 12.4 Å². The Morgan fingerprint density at radius 1 is 1.53 bits per heavy atom. The second kappa shape index (κ2) is 4.46. The highest BCUT2D eigenvalue weighted by Gasteiger charge is 2.32. The summed E-state index contributed by atoms with van der Waals surface area (Å²) in [5.41, 5.74) is 0. The van der Waals surface area contributed by atoms with Gasteiger partial charge in [-0.1, -0.05) is 6.92 Å². The second-order valence-corrected chi connectivity index (χ2v) is 5.90. The Balaban J connectivity index is 2.06. The van der Waals surface area contributed by atoms with E-state index >= 15 is 0 Å². The molecule has 17 heavy (non-hydrogen) atoms. The minimum absolute atomic E-state index is 0.426. The zero-order valence-corrected chi connectivity index (χ0v) is 11.3. The van der Waals surface area contributed by atoms with Gasteiger partial charge in [-0.05, 0) is 29.9 Å². The van der Waals surface area contributed by atoms with E-state index in [2.05, 4.69) is 34.3 Å². The first-order valence-electron chi connectivity index (χ1n) is 5.96. The van der Waals surface area contributed by atoms with Gasteiger partial charge in [-0.25, -0.2) is 4.98 Å². The van der Waals surface area contributed by atoms with E-state index in [1.54, 1.807) is 11.3 Å². The van der Waals surface area contributed by atoms with E-state index in [0.29, 0.717) is 17.8 Å². The van der Waals surface area contributed by atoms with Crippen molar-refractivity contribution in [3.05, 3.63) is 23.7 Å². The van der Waals surface area contributed by atoms with Gasteiger partial charge in [0.25, 0.3) is 0 Å². The molecule has 2 nitrogen and oxygen atoms in total. The first kappa shape index (κ1) is 11.3. The minimum Gasteiger partial charge on any atom is -0.352 e. The molecule has 0 amide bonds. The number of anilines is 1. The van der Waals surface area contributed by atoms with E-state index in [9.17, 15) is 0 Å². The maximum absolute atomic E-state index is 6.11. The lowest BCUT2D eigenvalue weighted by atomic mass is 10.1. The molecule has 2 unspecified atom stereocenters. The molecule has 1 fully saturated rings. The molecule has 0 radical (unpaired) electrons. The molecule has 0 bridgehead atoms. The Hall–Kier alpha value is -0.800. The van der Waals surface area contributed by atoms with Crippen LogP contribution in [-0.4, -0.2) is 23.5 Å². The number of thiophene rings is 1. The zero-order valence-electron chi connectivity index (χ0n) is 9.77. The minimum atomic E-state index is 0.426. The summed E-state index contributed by atoms with van der Waals surface area (Å²) in [5, 5.41) is 3.40. The lowest BCUT2D eigenvalue weighted by Gasteiger charge is -2.26. The fraction of sp³-hybridized carbons (Fsp3) is 0.462. The topological polar surface area (TPSA) is 16.1 Å². The van der Waals surface area contributed by atoms with Gasteiger partial charge < -0.3 is 4.90 Å². The van der Waals surface area contributed by atoms with Crippen LogP contribution in [0.1, 0.15) is 13.3 Å². The van der Waals surface area contributed by atoms with Gasteiger partial charge in [0.2, 0.25) is 0 Å². The third-order valence-electron chi connectivity index (χ3n) is 3.67. The molecule has 4 heteroatoms. The summed E-state index contributed by atoms with van der Waals surface area (Å²) in [6.45, 7) is 3.35. The average Bonchev–Trinajstić information content (AvgIpc) is 2.94. The Bertz CT molecular complexity index is 525. The predicted octanol–water partition coefficient (Wildman–Crippen LogP) is 3.75. The molecule has 0 aromatic carbocycles. The first-order valence-corrected chi connectivity index (χ1v) is 7.37. The normalized spacial score (nSPS) is 24.7. The van der Waals surface area contributed by atoms with Crippen molar-refractivity contribution < 1.29 is 0 Å². The van der Waals surface area contributed by atoms with Crippen molar-refractivity contribution in [1.29, 1.82) is 0 Å². The van der Waals surface area contributed by atoms with Crippen LogP contribution in [0.2, 0.25) is 0 Å². The molecule has 0 N–H and O–H groups in total. The summed E-state index contributed by atoms with van der Waals surface area (Å²) in [6, 6.07) is 4.67. The largest absolute Gasteiger partial charge is 0.352 e. The number of aromatic nitrogens is 1. The van der Waals surface area contributed by atoms with Crippen molar-refractivity contribution >= 4 is 38.8 Å². The maximum Gasteiger partial charge on any atom is 0.137 e. The van der Waals surface area contributed by atoms with E-state index in [4.69, 9.17) is 11.6 Å². The van der Waals surface area contributed by atoms with Gasteiger partial charge in [-0.15, -0.1) is 22.9 Å². The summed E-state index contributed by atoms with van der Waals surface area (Å²) in [7, 11) is 0. The number of nitrogens with zero attached hydrogens (tertiary/aromatic N) is 2. The molecular weight excluding hydrogens is 252 g/mol. The lowest BCUT2D eigenvalue weighted by molar-refractivity contribution is 0.549. The molecule has 1 aliphatic heterocycles. The molecule has 1 saturated heterocycles. The number of rotatable bonds is 2. The van der Waals surface area contributed by atoms with Gasteiger partial charge >= 0.3 is 0 Å². The van der Waals surface area contributed by atoms with Crippen LogP contribution in [0.15, 0.2) is 23.7 Å². The quantitative estimate of drug-likeness (QED) is 0.770. The number of pyridine rings is 1. The molecule has 3 heterocycles. The van der Waals surface area contributed by atoms with Crippen molar-refractivity contribution in [3.63, 3.8) is 0 Å². The highest BCUT2D eigenvalue weighted by Crippen LogP contribution is 2.35. The summed E-state index contributed by atoms with van der Waals surface area (Å²) in [5.74, 6) is 2.45. The molecule has 90 valence electrons. The third kappa shape index (κ3) is 1.81. The summed E-state index contributed by atoms with van der Waals surface area (Å²) in [6.07, 6.45) is 3.11. The van der Waals surface area contributed by atoms with Gasteiger partial charge in [0.05, 0.1) is 0 Å². The van der Waals surface area contributed by atoms with E-state index in [1.807, 2.05) is 6.20 Å². The number of alkyl halides is 1. The van der Waals surface area contributed by atoms with Crippen LogP contribution < -0.4 is 4.90 Å². The van der Waals surface area contributed by atoms with Crippen LogP contribution in [0.25, 0.3) is 10.1 Å². The number of halogens is 1. The highest BCUT2D eigenvalue weighted by atomic mass is 35.5. The predicted molar refractivity (Wildman–Crippen MR) is 75.3 cm³/mol. The van der Waals surface area contributed by atoms with Crippen LogP contribution in [0.4, 0.5) is 5.82 Å². The molecule has 0 aliphatic carbocycles. The SMILES string of the molecule is CC1CCN(c2nccc3sccc23)C1CCl. The zero-order chi connectivity index (χ0) is 11.8. The lowest BCUT2D eigenvalue weighted by Crippen LogP contribution is -2.34. The first-order chi connectivity index (χ1) is 8.31. The summed E-state index contributed by atoms with van der Waals surface area (Å²) < 4.78 is 1.31. The second-order valence-electron chi connectivity index (χ2n) is 4.65. The number of hydrogen-bond donors (Lipinski definition) is 0. The fourth-order valence-corrected chi connectivity index (χ4v) is 3.86. The van der Waals surface area contributed by atoms with Crippen LogP contribution >= 0.6 is 22.9 Å².